The van der Waals surface area contributed by atoms with Gasteiger partial charge in [-0.05, 0) is 18.2 Å². The molecule has 1 amide bonds. The number of carbonyl (C=O) groups excluding carboxylic acids is 1. The lowest BCUT2D eigenvalue weighted by Crippen LogP contribution is -2.33. The minimum Gasteiger partial charge on any atom is -0.410 e. The topological polar surface area (TPSA) is 62.2 Å². The normalized spacial score (nSPS) is 9.74. The van der Waals surface area contributed by atoms with Gasteiger partial charge >= 0.3 is 6.09 Å². The van der Waals surface area contributed by atoms with E-state index in [2.05, 4.69) is 11.4 Å². The van der Waals surface area contributed by atoms with Crippen LogP contribution in [0.3, 0.4) is 0 Å². The number of amides is 1. The molecule has 2 aromatic carbocycles. The standard InChI is InChI=1S/C14H10FN2O2/c15-11-6-4-5-10(9-11)13(16)17-14(18)19-12-7-2-1-3-8-12/h1-5,7-9H,(H2,16,17,18). The third kappa shape index (κ3) is 3.64. The third-order valence-electron chi connectivity index (χ3n) is 2.24. The molecule has 95 valence electrons. The van der Waals surface area contributed by atoms with Crippen LogP contribution in [0.15, 0.2) is 48.5 Å². The summed E-state index contributed by atoms with van der Waals surface area (Å²) in [4.78, 5) is 11.5. The first-order valence-corrected chi connectivity index (χ1v) is 5.45. The number of carbonyl (C=O) groups is 1. The van der Waals surface area contributed by atoms with E-state index >= 15 is 0 Å². The molecule has 0 aliphatic heterocycles. The minimum absolute atomic E-state index is 0.237. The second-order valence-electron chi connectivity index (χ2n) is 3.63. The Balaban J connectivity index is 1.98. The summed E-state index contributed by atoms with van der Waals surface area (Å²) in [6.45, 7) is 0. The molecule has 0 bridgehead atoms. The van der Waals surface area contributed by atoms with Gasteiger partial charge in [0.25, 0.3) is 0 Å². The van der Waals surface area contributed by atoms with Crippen LogP contribution >= 0.6 is 0 Å². The molecule has 0 spiro atoms. The lowest BCUT2D eigenvalue weighted by atomic mass is 10.2. The predicted molar refractivity (Wildman–Crippen MR) is 67.7 cm³/mol. The highest BCUT2D eigenvalue weighted by Crippen LogP contribution is 2.08. The molecule has 1 radical (unpaired) electrons. The molecule has 0 unspecified atom stereocenters. The summed E-state index contributed by atoms with van der Waals surface area (Å²) in [6.07, 6.45) is -0.801. The van der Waals surface area contributed by atoms with E-state index in [0.29, 0.717) is 5.75 Å². The van der Waals surface area contributed by atoms with Crippen molar-refractivity contribution in [3.05, 3.63) is 66.0 Å². The molecular weight excluding hydrogens is 247 g/mol. The zero-order chi connectivity index (χ0) is 13.7. The fourth-order valence-corrected chi connectivity index (χ4v) is 1.39. The van der Waals surface area contributed by atoms with Crippen LogP contribution in [0.1, 0.15) is 5.56 Å². The van der Waals surface area contributed by atoms with Gasteiger partial charge in [-0.25, -0.2) is 9.18 Å². The van der Waals surface area contributed by atoms with E-state index < -0.39 is 11.9 Å². The van der Waals surface area contributed by atoms with Crippen LogP contribution in [0.25, 0.3) is 0 Å². The van der Waals surface area contributed by atoms with Gasteiger partial charge in [0.15, 0.2) is 0 Å². The number of hydrogen-bond donors (Lipinski definition) is 2. The zero-order valence-corrected chi connectivity index (χ0v) is 9.81. The molecule has 19 heavy (non-hydrogen) atoms. The first kappa shape index (κ1) is 12.8. The lowest BCUT2D eigenvalue weighted by Gasteiger charge is -2.07. The maximum atomic E-state index is 12.9. The Morgan fingerprint density at radius 2 is 2.00 bits per heavy atom. The average Bonchev–Trinajstić information content (AvgIpc) is 2.39. The SMILES string of the molecule is N=C(NC(=O)Oc1ccccc1)c1cc[c]c(F)c1. The maximum absolute atomic E-state index is 12.9. The van der Waals surface area contributed by atoms with Crippen LogP contribution in [-0.4, -0.2) is 11.9 Å². The number of ether oxygens (including phenoxy) is 1. The molecule has 2 rings (SSSR count). The zero-order valence-electron chi connectivity index (χ0n) is 9.81. The molecule has 0 heterocycles. The Hall–Kier alpha value is -2.69. The van der Waals surface area contributed by atoms with Crippen molar-refractivity contribution in [2.24, 2.45) is 0 Å². The molecule has 0 aliphatic carbocycles. The molecule has 0 saturated carbocycles. The third-order valence-corrected chi connectivity index (χ3v) is 2.24. The predicted octanol–water partition coefficient (Wildman–Crippen LogP) is 2.74. The maximum Gasteiger partial charge on any atom is 0.418 e. The van der Waals surface area contributed by atoms with Crippen molar-refractivity contribution in [2.75, 3.05) is 0 Å². The molecule has 0 saturated heterocycles. The molecule has 2 aromatic rings. The van der Waals surface area contributed by atoms with E-state index in [-0.39, 0.29) is 11.4 Å². The van der Waals surface area contributed by atoms with Gasteiger partial charge in [-0.2, -0.15) is 0 Å². The first-order chi connectivity index (χ1) is 9.15. The fraction of sp³-hybridized carbons (Fsp3) is 0. The van der Waals surface area contributed by atoms with Gasteiger partial charge in [-0.3, -0.25) is 10.7 Å². The van der Waals surface area contributed by atoms with Crippen molar-refractivity contribution in [1.82, 2.24) is 5.32 Å². The van der Waals surface area contributed by atoms with Crippen molar-refractivity contribution in [2.45, 2.75) is 0 Å². The molecule has 4 nitrogen and oxygen atoms in total. The molecule has 2 N–H and O–H groups in total. The minimum atomic E-state index is -0.801. The number of hydrogen-bond acceptors (Lipinski definition) is 3. The molecule has 0 aliphatic rings. The quantitative estimate of drug-likeness (QED) is 0.642. The van der Waals surface area contributed by atoms with E-state index in [1.807, 2.05) is 0 Å². The monoisotopic (exact) mass is 257 g/mol. The van der Waals surface area contributed by atoms with Crippen molar-refractivity contribution >= 4 is 11.9 Å². The van der Waals surface area contributed by atoms with Crippen LogP contribution in [0.5, 0.6) is 5.75 Å². The largest absolute Gasteiger partial charge is 0.418 e. The van der Waals surface area contributed by atoms with E-state index in [9.17, 15) is 9.18 Å². The number of amidine groups is 1. The van der Waals surface area contributed by atoms with E-state index in [4.69, 9.17) is 10.1 Å². The lowest BCUT2D eigenvalue weighted by molar-refractivity contribution is 0.206. The second-order valence-corrected chi connectivity index (χ2v) is 3.63. The van der Waals surface area contributed by atoms with Crippen LogP contribution in [0.4, 0.5) is 9.18 Å². The molecule has 0 atom stereocenters. The first-order valence-electron chi connectivity index (χ1n) is 5.45. The number of rotatable bonds is 2. The van der Waals surface area contributed by atoms with Gasteiger partial charge in [0.05, 0.1) is 0 Å². The highest BCUT2D eigenvalue weighted by atomic mass is 19.1. The number of halogens is 1. The number of para-hydroxylation sites is 1. The summed E-state index contributed by atoms with van der Waals surface area (Å²) >= 11 is 0. The van der Waals surface area contributed by atoms with Crippen molar-refractivity contribution in [1.29, 1.82) is 5.41 Å². The Labute approximate surface area is 109 Å². The highest BCUT2D eigenvalue weighted by Gasteiger charge is 2.09. The summed E-state index contributed by atoms with van der Waals surface area (Å²) in [5.41, 5.74) is 0.237. The van der Waals surface area contributed by atoms with Gasteiger partial charge in [-0.15, -0.1) is 0 Å². The Morgan fingerprint density at radius 1 is 1.26 bits per heavy atom. The summed E-state index contributed by atoms with van der Waals surface area (Å²) in [5, 5.41) is 9.84. The molecule has 0 fully saturated rings. The summed E-state index contributed by atoms with van der Waals surface area (Å²) in [6, 6.07) is 14.7. The van der Waals surface area contributed by atoms with Crippen molar-refractivity contribution in [3.63, 3.8) is 0 Å². The van der Waals surface area contributed by atoms with Crippen molar-refractivity contribution in [3.8, 4) is 5.75 Å². The number of benzene rings is 2. The van der Waals surface area contributed by atoms with Crippen LogP contribution in [-0.2, 0) is 0 Å². The van der Waals surface area contributed by atoms with Gasteiger partial charge in [0.1, 0.15) is 17.4 Å². The summed E-state index contributed by atoms with van der Waals surface area (Å²) in [5.74, 6) is -0.477. The molecule has 0 aromatic heterocycles. The Bertz CT molecular complexity index is 599. The van der Waals surface area contributed by atoms with Gasteiger partial charge in [-0.1, -0.05) is 30.3 Å². The average molecular weight is 257 g/mol. The van der Waals surface area contributed by atoms with Gasteiger partial charge in [0, 0.05) is 11.6 Å². The van der Waals surface area contributed by atoms with Gasteiger partial charge < -0.3 is 4.74 Å². The van der Waals surface area contributed by atoms with Crippen molar-refractivity contribution < 1.29 is 13.9 Å². The molecule has 5 heteroatoms. The van der Waals surface area contributed by atoms with E-state index in [1.165, 1.54) is 12.1 Å². The van der Waals surface area contributed by atoms with E-state index in [0.717, 1.165) is 6.07 Å². The highest BCUT2D eigenvalue weighted by molar-refractivity contribution is 6.04. The van der Waals surface area contributed by atoms with Gasteiger partial charge in [0.2, 0.25) is 0 Å². The van der Waals surface area contributed by atoms with Crippen LogP contribution < -0.4 is 10.1 Å². The van der Waals surface area contributed by atoms with Crippen LogP contribution in [0.2, 0.25) is 0 Å². The molecular formula is C14H10FN2O2. The summed E-state index contributed by atoms with van der Waals surface area (Å²) in [7, 11) is 0. The fourth-order valence-electron chi connectivity index (χ4n) is 1.39. The Morgan fingerprint density at radius 3 is 2.68 bits per heavy atom. The number of nitrogens with one attached hydrogen (secondary N) is 2. The smallest absolute Gasteiger partial charge is 0.410 e. The van der Waals surface area contributed by atoms with Crippen LogP contribution in [0, 0.1) is 17.3 Å². The summed E-state index contributed by atoms with van der Waals surface area (Å²) < 4.78 is 17.9. The second kappa shape index (κ2) is 5.77. The Kier molecular flexibility index (Phi) is 3.87. The van der Waals surface area contributed by atoms with E-state index in [1.54, 1.807) is 30.3 Å².